The minimum absolute atomic E-state index is 0.208. The molecule has 0 unspecified atom stereocenters. The number of nitrogens with one attached hydrogen (secondary N) is 1. The first kappa shape index (κ1) is 34.2. The van der Waals surface area contributed by atoms with Crippen LogP contribution in [-0.2, 0) is 28.9 Å². The predicted octanol–water partition coefficient (Wildman–Crippen LogP) is 7.58. The van der Waals surface area contributed by atoms with Gasteiger partial charge in [-0.25, -0.2) is 4.79 Å². The van der Waals surface area contributed by atoms with Gasteiger partial charge in [0.1, 0.15) is 9.75 Å². The van der Waals surface area contributed by atoms with E-state index in [1.807, 2.05) is 48.5 Å². The summed E-state index contributed by atoms with van der Waals surface area (Å²) in [6.45, 7) is -0.172. The monoisotopic (exact) mass is 772 g/mol. The molecule has 1 heterocycles. The molecule has 0 spiro atoms. The van der Waals surface area contributed by atoms with Crippen molar-refractivity contribution in [1.29, 1.82) is 0 Å². The zero-order valence-corrected chi connectivity index (χ0v) is 29.8. The van der Waals surface area contributed by atoms with Crippen molar-refractivity contribution in [2.45, 2.75) is 35.4 Å². The van der Waals surface area contributed by atoms with E-state index >= 15 is 0 Å². The van der Waals surface area contributed by atoms with Crippen molar-refractivity contribution in [2.24, 2.45) is 11.8 Å². The molecule has 0 saturated carbocycles. The van der Waals surface area contributed by atoms with Crippen LogP contribution in [0, 0.1) is 11.8 Å². The maximum atomic E-state index is 13.9. The number of nitrogens with zero attached hydrogens (tertiary/aromatic N) is 1. The second kappa shape index (κ2) is 13.4. The minimum Gasteiger partial charge on any atom is -0.454 e. The van der Waals surface area contributed by atoms with Gasteiger partial charge in [-0.1, -0.05) is 83.0 Å². The lowest BCUT2D eigenvalue weighted by atomic mass is 9.54. The van der Waals surface area contributed by atoms with Gasteiger partial charge in [-0.2, -0.15) is 0 Å². The molecule has 1 saturated heterocycles. The highest BCUT2D eigenvalue weighted by atomic mass is 79.9. The predicted molar refractivity (Wildman–Crippen MR) is 192 cm³/mol. The van der Waals surface area contributed by atoms with Crippen molar-refractivity contribution in [2.75, 3.05) is 18.5 Å². The molecule has 1 aliphatic heterocycles. The fraction of sp³-hybridized carbons (Fsp3) is 0.256. The molecule has 1 fully saturated rings. The van der Waals surface area contributed by atoms with Crippen LogP contribution in [0.5, 0.6) is 0 Å². The summed E-state index contributed by atoms with van der Waals surface area (Å²) in [5.74, 6) is -3.44. The second-order valence-corrected chi connectivity index (χ2v) is 14.8. The lowest BCUT2D eigenvalue weighted by Crippen LogP contribution is -2.57. The Kier molecular flexibility index (Phi) is 9.18. The van der Waals surface area contributed by atoms with Gasteiger partial charge in [-0.15, -0.1) is 23.2 Å². The molecule has 0 radical (unpaired) electrons. The molecule has 3 amide bonds. The van der Waals surface area contributed by atoms with Gasteiger partial charge in [0.25, 0.3) is 0 Å². The van der Waals surface area contributed by atoms with Crippen molar-refractivity contribution in [1.82, 2.24) is 4.90 Å². The maximum absolute atomic E-state index is 13.9. The molecule has 1 N–H and O–H groups in total. The topological polar surface area (TPSA) is 110 Å². The van der Waals surface area contributed by atoms with E-state index in [1.165, 1.54) is 17.0 Å². The van der Waals surface area contributed by atoms with Gasteiger partial charge < -0.3 is 10.1 Å². The van der Waals surface area contributed by atoms with Crippen LogP contribution in [0.25, 0.3) is 0 Å². The number of unbranched alkanes of at least 4 members (excludes halogenated alkanes) is 2. The lowest BCUT2D eigenvalue weighted by Gasteiger charge is -2.54. The zero-order valence-electron chi connectivity index (χ0n) is 26.7. The molecule has 2 bridgehead atoms. The average molecular weight is 774 g/mol. The number of esters is 1. The Hall–Kier alpha value is -4.31. The SMILES string of the molecule is O=C(CCCCCN1C(=O)[C@H]2[C@H](C1=O)C1(Cl)c3ccccc3C2(Cl)c2ccccc21)Nc1ccc(C(=O)OCC(=O)c2ccc(Br)cc2)cc1. The normalized spacial score (nSPS) is 22.8. The number of carbonyl (C=O) groups is 5. The number of ether oxygens (including phenoxy) is 1. The molecular formula is C39H31BrCl2N2O6. The third kappa shape index (κ3) is 5.65. The highest BCUT2D eigenvalue weighted by Crippen LogP contribution is 2.69. The Balaban J connectivity index is 0.900. The highest BCUT2D eigenvalue weighted by molar-refractivity contribution is 9.10. The Morgan fingerprint density at radius 2 is 1.20 bits per heavy atom. The largest absolute Gasteiger partial charge is 0.454 e. The summed E-state index contributed by atoms with van der Waals surface area (Å²) in [5.41, 5.74) is 4.27. The molecule has 4 aromatic carbocycles. The average Bonchev–Trinajstić information content (AvgIpc) is 3.39. The molecule has 8 nitrogen and oxygen atoms in total. The van der Waals surface area contributed by atoms with Crippen LogP contribution in [0.1, 0.15) is 68.7 Å². The molecule has 2 atom stereocenters. The van der Waals surface area contributed by atoms with E-state index in [-0.39, 0.29) is 48.6 Å². The number of hydrogen-bond donors (Lipinski definition) is 1. The van der Waals surface area contributed by atoms with Crippen LogP contribution in [0.4, 0.5) is 5.69 Å². The first-order valence-electron chi connectivity index (χ1n) is 16.3. The number of rotatable bonds is 11. The summed E-state index contributed by atoms with van der Waals surface area (Å²) in [6, 6.07) is 28.1. The summed E-state index contributed by atoms with van der Waals surface area (Å²) in [4.78, 5) is 64.1. The van der Waals surface area contributed by atoms with Crippen molar-refractivity contribution in [3.63, 3.8) is 0 Å². The molecule has 4 aliphatic rings. The van der Waals surface area contributed by atoms with Crippen LogP contribution < -0.4 is 5.32 Å². The smallest absolute Gasteiger partial charge is 0.338 e. The Labute approximate surface area is 307 Å². The summed E-state index contributed by atoms with van der Waals surface area (Å²) in [7, 11) is 0. The summed E-state index contributed by atoms with van der Waals surface area (Å²) in [5, 5.41) is 2.81. The van der Waals surface area contributed by atoms with E-state index in [9.17, 15) is 24.0 Å². The number of imide groups is 1. The molecule has 0 aromatic heterocycles. The number of benzene rings is 4. The lowest BCUT2D eigenvalue weighted by molar-refractivity contribution is -0.140. The van der Waals surface area contributed by atoms with E-state index < -0.39 is 27.6 Å². The van der Waals surface area contributed by atoms with Gasteiger partial charge in [-0.05, 0) is 71.5 Å². The quantitative estimate of drug-likeness (QED) is 0.0554. The molecule has 3 aliphatic carbocycles. The number of ketones is 1. The number of Topliss-reactive ketones (excluding diaryl/α,β-unsaturated/α-hetero) is 1. The number of carbonyl (C=O) groups excluding carboxylic acids is 5. The van der Waals surface area contributed by atoms with Crippen molar-refractivity contribution in [3.8, 4) is 0 Å². The zero-order chi connectivity index (χ0) is 35.2. The van der Waals surface area contributed by atoms with Crippen LogP contribution in [-0.4, -0.2) is 47.5 Å². The number of hydrogen-bond acceptors (Lipinski definition) is 6. The Morgan fingerprint density at radius 3 is 1.72 bits per heavy atom. The van der Waals surface area contributed by atoms with E-state index in [4.69, 9.17) is 27.9 Å². The maximum Gasteiger partial charge on any atom is 0.338 e. The number of anilines is 1. The molecule has 4 aromatic rings. The molecule has 50 heavy (non-hydrogen) atoms. The van der Waals surface area contributed by atoms with Gasteiger partial charge in [0.05, 0.1) is 17.4 Å². The highest BCUT2D eigenvalue weighted by Gasteiger charge is 2.72. The van der Waals surface area contributed by atoms with Crippen molar-refractivity contribution in [3.05, 3.63) is 135 Å². The van der Waals surface area contributed by atoms with Crippen LogP contribution in [0.15, 0.2) is 102 Å². The third-order valence-corrected chi connectivity index (χ3v) is 11.7. The van der Waals surface area contributed by atoms with Gasteiger partial charge in [0, 0.05) is 28.7 Å². The minimum atomic E-state index is -1.20. The van der Waals surface area contributed by atoms with E-state index in [2.05, 4.69) is 21.2 Å². The van der Waals surface area contributed by atoms with Crippen LogP contribution >= 0.6 is 39.1 Å². The fourth-order valence-electron chi connectivity index (χ4n) is 7.52. The summed E-state index contributed by atoms with van der Waals surface area (Å²) >= 11 is 18.2. The van der Waals surface area contributed by atoms with E-state index in [0.717, 1.165) is 26.7 Å². The van der Waals surface area contributed by atoms with Crippen molar-refractivity contribution < 1.29 is 28.7 Å². The third-order valence-electron chi connectivity index (χ3n) is 9.87. The first-order valence-corrected chi connectivity index (χ1v) is 17.9. The Bertz CT molecular complexity index is 1910. The number of alkyl halides is 2. The molecule has 8 rings (SSSR count). The van der Waals surface area contributed by atoms with Crippen molar-refractivity contribution >= 4 is 74.3 Å². The standard InChI is InChI=1S/C39H31BrCl2N2O6/c40-25-17-13-23(14-18-25)31(45)22-50-37(49)24-15-19-26(20-16-24)43-32(46)12-2-1-7-21-44-35(47)33-34(36(44)48)39(42)28-9-4-3-8-27(28)38(33,41)29-10-5-6-11-30(29)39/h3-6,8-11,13-20,33-34H,1-2,7,12,21-22H2,(H,43,46)/t33-,34-,38?,39?/m1/s1. The van der Waals surface area contributed by atoms with E-state index in [0.29, 0.717) is 30.5 Å². The molecule has 11 heteroatoms. The van der Waals surface area contributed by atoms with Crippen LogP contribution in [0.3, 0.4) is 0 Å². The van der Waals surface area contributed by atoms with Gasteiger partial charge in [-0.3, -0.25) is 24.1 Å². The van der Waals surface area contributed by atoms with Crippen LogP contribution in [0.2, 0.25) is 0 Å². The fourth-order valence-corrected chi connectivity index (χ4v) is 8.89. The summed E-state index contributed by atoms with van der Waals surface area (Å²) < 4.78 is 5.99. The molecule has 254 valence electrons. The van der Waals surface area contributed by atoms with E-state index in [1.54, 1.807) is 36.4 Å². The Morgan fingerprint density at radius 1 is 0.700 bits per heavy atom. The molecular weight excluding hydrogens is 743 g/mol. The van der Waals surface area contributed by atoms with Gasteiger partial charge in [0.2, 0.25) is 17.7 Å². The number of halogens is 3. The van der Waals surface area contributed by atoms with Gasteiger partial charge in [0.15, 0.2) is 12.4 Å². The number of amides is 3. The summed E-state index contributed by atoms with van der Waals surface area (Å²) in [6.07, 6.45) is 1.91. The number of likely N-dealkylation sites (tertiary alicyclic amines) is 1. The van der Waals surface area contributed by atoms with Gasteiger partial charge >= 0.3 is 5.97 Å². The second-order valence-electron chi connectivity index (χ2n) is 12.7. The first-order chi connectivity index (χ1) is 24.0.